The summed E-state index contributed by atoms with van der Waals surface area (Å²) in [5.41, 5.74) is 2.67. The van der Waals surface area contributed by atoms with E-state index in [0.29, 0.717) is 0 Å². The van der Waals surface area contributed by atoms with Crippen LogP contribution < -0.4 is 4.74 Å². The zero-order valence-corrected chi connectivity index (χ0v) is 14.9. The van der Waals surface area contributed by atoms with E-state index in [2.05, 4.69) is 5.10 Å². The molecule has 0 aliphatic heterocycles. The molecule has 0 radical (unpaired) electrons. The Balaban J connectivity index is 2.21. The number of carbonyl (C=O) groups is 1. The summed E-state index contributed by atoms with van der Waals surface area (Å²) in [5.74, 6) is 0.636. The third-order valence-corrected chi connectivity index (χ3v) is 4.26. The Hall–Kier alpha value is -2.34. The lowest BCUT2D eigenvalue weighted by Crippen LogP contribution is -2.38. The molecule has 0 saturated carbocycles. The van der Waals surface area contributed by atoms with Gasteiger partial charge in [0.05, 0.1) is 25.5 Å². The molecule has 1 N–H and O–H groups in total. The van der Waals surface area contributed by atoms with Gasteiger partial charge in [-0.2, -0.15) is 5.10 Å². The summed E-state index contributed by atoms with van der Waals surface area (Å²) >= 11 is 0. The normalized spacial score (nSPS) is 13.4. The first-order valence-electron chi connectivity index (χ1n) is 7.93. The van der Waals surface area contributed by atoms with Crippen LogP contribution in [0.25, 0.3) is 0 Å². The minimum atomic E-state index is -0.434. The number of rotatable bonds is 6. The van der Waals surface area contributed by atoms with E-state index in [0.717, 1.165) is 22.7 Å². The van der Waals surface area contributed by atoms with E-state index >= 15 is 0 Å². The van der Waals surface area contributed by atoms with E-state index in [1.54, 1.807) is 23.7 Å². The lowest BCUT2D eigenvalue weighted by atomic mass is 10.1. The number of carbonyl (C=O) groups excluding carboxylic acids is 1. The maximum absolute atomic E-state index is 12.8. The fraction of sp³-hybridized carbons (Fsp3) is 0.444. The van der Waals surface area contributed by atoms with Gasteiger partial charge in [-0.25, -0.2) is 0 Å². The zero-order valence-electron chi connectivity index (χ0n) is 14.9. The SMILES string of the molecule is COc1ccc(C(CO)N(C)C(=O)C(C)n2nc(C)cc2C)cc1. The Labute approximate surface area is 142 Å². The van der Waals surface area contributed by atoms with E-state index in [9.17, 15) is 9.90 Å². The molecule has 1 aromatic heterocycles. The molecular weight excluding hydrogens is 306 g/mol. The van der Waals surface area contributed by atoms with Crippen molar-refractivity contribution in [1.29, 1.82) is 0 Å². The van der Waals surface area contributed by atoms with Gasteiger partial charge in [0.25, 0.3) is 0 Å². The largest absolute Gasteiger partial charge is 0.497 e. The summed E-state index contributed by atoms with van der Waals surface area (Å²) in [7, 11) is 3.31. The smallest absolute Gasteiger partial charge is 0.247 e. The molecule has 6 nitrogen and oxygen atoms in total. The molecule has 2 atom stereocenters. The standard InChI is InChI=1S/C18H25N3O3/c1-12-10-13(2)21(19-12)14(3)18(23)20(4)17(11-22)15-6-8-16(24-5)9-7-15/h6-10,14,17,22H,11H2,1-5H3. The summed E-state index contributed by atoms with van der Waals surface area (Å²) in [6.07, 6.45) is 0. The van der Waals surface area contributed by atoms with E-state index in [1.165, 1.54) is 0 Å². The van der Waals surface area contributed by atoms with Crippen molar-refractivity contribution in [3.63, 3.8) is 0 Å². The Morgan fingerprint density at radius 3 is 2.42 bits per heavy atom. The molecule has 0 saturated heterocycles. The molecule has 2 unspecified atom stereocenters. The van der Waals surface area contributed by atoms with Crippen molar-refractivity contribution in [2.24, 2.45) is 0 Å². The van der Waals surface area contributed by atoms with Crippen LogP contribution in [0.3, 0.4) is 0 Å². The fourth-order valence-corrected chi connectivity index (χ4v) is 2.87. The van der Waals surface area contributed by atoms with E-state index in [4.69, 9.17) is 4.74 Å². The van der Waals surface area contributed by atoms with E-state index in [1.807, 2.05) is 51.1 Å². The Bertz CT molecular complexity index is 694. The first kappa shape index (κ1) is 18.0. The van der Waals surface area contributed by atoms with Gasteiger partial charge in [-0.05, 0) is 44.5 Å². The highest BCUT2D eigenvalue weighted by Gasteiger charge is 2.27. The summed E-state index contributed by atoms with van der Waals surface area (Å²) in [4.78, 5) is 14.4. The summed E-state index contributed by atoms with van der Waals surface area (Å²) in [6.45, 7) is 5.49. The number of aryl methyl sites for hydroxylation is 2. The molecule has 2 rings (SSSR count). The average Bonchev–Trinajstić information content (AvgIpc) is 2.93. The van der Waals surface area contributed by atoms with Crippen LogP contribution in [0.15, 0.2) is 30.3 Å². The highest BCUT2D eigenvalue weighted by molar-refractivity contribution is 5.80. The Morgan fingerprint density at radius 2 is 1.96 bits per heavy atom. The molecule has 24 heavy (non-hydrogen) atoms. The molecule has 2 aromatic rings. The number of amides is 1. The van der Waals surface area contributed by atoms with Gasteiger partial charge in [-0.1, -0.05) is 12.1 Å². The zero-order chi connectivity index (χ0) is 17.9. The molecule has 0 aliphatic carbocycles. The van der Waals surface area contributed by atoms with Crippen LogP contribution in [-0.2, 0) is 4.79 Å². The van der Waals surface area contributed by atoms with Crippen molar-refractivity contribution in [3.8, 4) is 5.75 Å². The predicted molar refractivity (Wildman–Crippen MR) is 92.0 cm³/mol. The highest BCUT2D eigenvalue weighted by Crippen LogP contribution is 2.24. The molecule has 0 bridgehead atoms. The molecule has 6 heteroatoms. The first-order valence-corrected chi connectivity index (χ1v) is 7.93. The number of ether oxygens (including phenoxy) is 1. The van der Waals surface area contributed by atoms with Gasteiger partial charge < -0.3 is 14.7 Å². The monoisotopic (exact) mass is 331 g/mol. The van der Waals surface area contributed by atoms with Gasteiger partial charge in [0.2, 0.25) is 5.91 Å². The number of hydrogen-bond acceptors (Lipinski definition) is 4. The number of aliphatic hydroxyl groups excluding tert-OH is 1. The predicted octanol–water partition coefficient (Wildman–Crippen LogP) is 2.26. The van der Waals surface area contributed by atoms with Crippen molar-refractivity contribution < 1.29 is 14.6 Å². The fourth-order valence-electron chi connectivity index (χ4n) is 2.87. The van der Waals surface area contributed by atoms with Crippen LogP contribution in [0.2, 0.25) is 0 Å². The van der Waals surface area contributed by atoms with Crippen LogP contribution in [0.5, 0.6) is 5.75 Å². The number of likely N-dealkylation sites (N-methyl/N-ethyl adjacent to an activating group) is 1. The quantitative estimate of drug-likeness (QED) is 0.882. The third-order valence-electron chi connectivity index (χ3n) is 4.26. The van der Waals surface area contributed by atoms with Crippen LogP contribution in [-0.4, -0.2) is 46.5 Å². The lowest BCUT2D eigenvalue weighted by Gasteiger charge is -2.30. The number of aliphatic hydroxyl groups is 1. The van der Waals surface area contributed by atoms with Crippen molar-refractivity contribution in [2.45, 2.75) is 32.9 Å². The maximum Gasteiger partial charge on any atom is 0.247 e. The molecule has 1 aromatic carbocycles. The number of benzene rings is 1. The molecule has 0 spiro atoms. The molecule has 0 fully saturated rings. The van der Waals surface area contributed by atoms with Gasteiger partial charge in [-0.3, -0.25) is 9.48 Å². The van der Waals surface area contributed by atoms with Crippen molar-refractivity contribution in [2.75, 3.05) is 20.8 Å². The number of aromatic nitrogens is 2. The van der Waals surface area contributed by atoms with Crippen LogP contribution >= 0.6 is 0 Å². The Morgan fingerprint density at radius 1 is 1.33 bits per heavy atom. The van der Waals surface area contributed by atoms with Gasteiger partial charge in [0.15, 0.2) is 0 Å². The Kier molecular flexibility index (Phi) is 5.62. The number of methoxy groups -OCH3 is 1. The third kappa shape index (κ3) is 3.59. The molecule has 130 valence electrons. The minimum Gasteiger partial charge on any atom is -0.497 e. The number of hydrogen-bond donors (Lipinski definition) is 1. The topological polar surface area (TPSA) is 67.6 Å². The van der Waals surface area contributed by atoms with Gasteiger partial charge in [0.1, 0.15) is 11.8 Å². The molecule has 1 heterocycles. The molecule has 0 aliphatic rings. The number of nitrogens with zero attached hydrogens (tertiary/aromatic N) is 3. The van der Waals surface area contributed by atoms with Crippen molar-refractivity contribution in [3.05, 3.63) is 47.3 Å². The summed E-state index contributed by atoms with van der Waals surface area (Å²) < 4.78 is 6.87. The van der Waals surface area contributed by atoms with Crippen molar-refractivity contribution in [1.82, 2.24) is 14.7 Å². The second-order valence-corrected chi connectivity index (χ2v) is 5.97. The average molecular weight is 331 g/mol. The van der Waals surface area contributed by atoms with Crippen LogP contribution in [0, 0.1) is 13.8 Å². The molecule has 1 amide bonds. The van der Waals surface area contributed by atoms with Gasteiger partial charge in [-0.15, -0.1) is 0 Å². The van der Waals surface area contributed by atoms with E-state index < -0.39 is 12.1 Å². The highest BCUT2D eigenvalue weighted by atomic mass is 16.5. The van der Waals surface area contributed by atoms with Gasteiger partial charge >= 0.3 is 0 Å². The van der Waals surface area contributed by atoms with E-state index in [-0.39, 0.29) is 12.5 Å². The maximum atomic E-state index is 12.8. The summed E-state index contributed by atoms with van der Waals surface area (Å²) in [5, 5.41) is 14.2. The van der Waals surface area contributed by atoms with Crippen LogP contribution in [0.4, 0.5) is 0 Å². The van der Waals surface area contributed by atoms with Crippen LogP contribution in [0.1, 0.15) is 36.0 Å². The van der Waals surface area contributed by atoms with Gasteiger partial charge in [0, 0.05) is 12.7 Å². The first-order chi connectivity index (χ1) is 11.4. The summed E-state index contributed by atoms with van der Waals surface area (Å²) in [6, 6.07) is 8.45. The van der Waals surface area contributed by atoms with Crippen molar-refractivity contribution >= 4 is 5.91 Å². The lowest BCUT2D eigenvalue weighted by molar-refractivity contribution is -0.136. The second kappa shape index (κ2) is 7.49. The molecular formula is C18H25N3O3. The second-order valence-electron chi connectivity index (χ2n) is 5.97. The minimum absolute atomic E-state index is 0.101.